The maximum Gasteiger partial charge on any atom is 0.410 e. The molecule has 2 aromatic carbocycles. The fourth-order valence-electron chi connectivity index (χ4n) is 3.71. The summed E-state index contributed by atoms with van der Waals surface area (Å²) in [5, 5.41) is 1.51. The molecule has 27 heavy (non-hydrogen) atoms. The van der Waals surface area contributed by atoms with E-state index in [1.807, 2.05) is 12.1 Å². The number of fused-ring (bicyclic) bond motifs is 3. The van der Waals surface area contributed by atoms with E-state index in [-0.39, 0.29) is 12.2 Å². The van der Waals surface area contributed by atoms with Crippen LogP contribution in [0.1, 0.15) is 29.8 Å². The molecule has 0 saturated heterocycles. The van der Waals surface area contributed by atoms with Crippen LogP contribution in [0.4, 0.5) is 13.6 Å². The zero-order valence-corrected chi connectivity index (χ0v) is 15.3. The van der Waals surface area contributed by atoms with E-state index < -0.39 is 23.8 Å². The Labute approximate surface area is 159 Å². The summed E-state index contributed by atoms with van der Waals surface area (Å²) in [5.41, 5.74) is 2.51. The SMILES string of the molecule is CCOC(=O)N1CCc2c([nH]c3ccc(Cl)cc23)C1c1cc(F)ccc1F. The first-order valence-corrected chi connectivity index (χ1v) is 9.05. The van der Waals surface area contributed by atoms with Crippen molar-refractivity contribution in [3.8, 4) is 0 Å². The van der Waals surface area contributed by atoms with Gasteiger partial charge in [0, 0.05) is 33.7 Å². The van der Waals surface area contributed by atoms with Crippen LogP contribution in [0.3, 0.4) is 0 Å². The lowest BCUT2D eigenvalue weighted by Crippen LogP contribution is -2.41. The van der Waals surface area contributed by atoms with Gasteiger partial charge in [-0.15, -0.1) is 0 Å². The molecule has 0 saturated carbocycles. The number of H-pyrrole nitrogens is 1. The van der Waals surface area contributed by atoms with Crippen LogP contribution in [0.2, 0.25) is 5.02 Å². The number of aromatic nitrogens is 1. The van der Waals surface area contributed by atoms with Gasteiger partial charge in [-0.3, -0.25) is 4.90 Å². The van der Waals surface area contributed by atoms with E-state index in [1.165, 1.54) is 4.90 Å². The number of amides is 1. The second kappa shape index (κ2) is 6.85. The first-order chi connectivity index (χ1) is 13.0. The minimum Gasteiger partial charge on any atom is -0.450 e. The van der Waals surface area contributed by atoms with Crippen molar-refractivity contribution in [3.63, 3.8) is 0 Å². The maximum absolute atomic E-state index is 14.6. The molecule has 1 aromatic heterocycles. The molecule has 4 rings (SSSR count). The molecule has 7 heteroatoms. The number of rotatable bonds is 2. The van der Waals surface area contributed by atoms with E-state index >= 15 is 0 Å². The standard InChI is InChI=1S/C20H17ClF2N2O2/c1-2-27-20(26)25-8-7-13-14-9-11(21)3-6-17(14)24-18(13)19(25)15-10-12(22)4-5-16(15)23/h3-6,9-10,19,24H,2,7-8H2,1H3. The van der Waals surface area contributed by atoms with Gasteiger partial charge < -0.3 is 9.72 Å². The molecule has 0 fully saturated rings. The van der Waals surface area contributed by atoms with Gasteiger partial charge in [-0.25, -0.2) is 13.6 Å². The zero-order valence-electron chi connectivity index (χ0n) is 14.6. The molecule has 1 aliphatic heterocycles. The Kier molecular flexibility index (Phi) is 4.52. The van der Waals surface area contributed by atoms with Gasteiger partial charge in [0.25, 0.3) is 0 Å². The van der Waals surface area contributed by atoms with Gasteiger partial charge in [-0.2, -0.15) is 0 Å². The van der Waals surface area contributed by atoms with E-state index in [4.69, 9.17) is 16.3 Å². The van der Waals surface area contributed by atoms with Crippen LogP contribution in [0.15, 0.2) is 36.4 Å². The zero-order chi connectivity index (χ0) is 19.1. The predicted molar refractivity (Wildman–Crippen MR) is 98.9 cm³/mol. The van der Waals surface area contributed by atoms with Crippen LogP contribution in [-0.2, 0) is 11.2 Å². The Morgan fingerprint density at radius 2 is 2.11 bits per heavy atom. The van der Waals surface area contributed by atoms with Gasteiger partial charge in [0.2, 0.25) is 0 Å². The minimum absolute atomic E-state index is 0.0849. The largest absolute Gasteiger partial charge is 0.450 e. The molecule has 0 aliphatic carbocycles. The van der Waals surface area contributed by atoms with Gasteiger partial charge in [0.1, 0.15) is 17.7 Å². The number of carbonyl (C=O) groups is 1. The quantitative estimate of drug-likeness (QED) is 0.653. The van der Waals surface area contributed by atoms with Gasteiger partial charge in [0.05, 0.1) is 6.61 Å². The Morgan fingerprint density at radius 3 is 2.89 bits per heavy atom. The van der Waals surface area contributed by atoms with Crippen LogP contribution in [0.25, 0.3) is 10.9 Å². The van der Waals surface area contributed by atoms with E-state index in [0.717, 1.165) is 34.7 Å². The van der Waals surface area contributed by atoms with Crippen molar-refractivity contribution >= 4 is 28.6 Å². The van der Waals surface area contributed by atoms with Crippen molar-refractivity contribution in [3.05, 3.63) is 69.9 Å². The summed E-state index contributed by atoms with van der Waals surface area (Å²) in [6.07, 6.45) is -0.00411. The van der Waals surface area contributed by atoms with Gasteiger partial charge in [-0.05, 0) is 55.3 Å². The topological polar surface area (TPSA) is 45.3 Å². The first kappa shape index (κ1) is 17.8. The fraction of sp³-hybridized carbons (Fsp3) is 0.250. The summed E-state index contributed by atoms with van der Waals surface area (Å²) in [6.45, 7) is 2.23. The van der Waals surface area contributed by atoms with Gasteiger partial charge in [0.15, 0.2) is 0 Å². The first-order valence-electron chi connectivity index (χ1n) is 8.68. The Bertz CT molecular complexity index is 1030. The number of aromatic amines is 1. The van der Waals surface area contributed by atoms with E-state index in [0.29, 0.717) is 23.7 Å². The summed E-state index contributed by atoms with van der Waals surface area (Å²) < 4.78 is 33.6. The van der Waals surface area contributed by atoms with Crippen LogP contribution in [0.5, 0.6) is 0 Å². The minimum atomic E-state index is -0.810. The third-order valence-electron chi connectivity index (χ3n) is 4.84. The highest BCUT2D eigenvalue weighted by Gasteiger charge is 2.37. The lowest BCUT2D eigenvalue weighted by atomic mass is 9.92. The number of halogens is 3. The summed E-state index contributed by atoms with van der Waals surface area (Å²) in [4.78, 5) is 17.2. The van der Waals surface area contributed by atoms with Crippen molar-refractivity contribution in [2.24, 2.45) is 0 Å². The van der Waals surface area contributed by atoms with Crippen LogP contribution in [0, 0.1) is 11.6 Å². The summed E-state index contributed by atoms with van der Waals surface area (Å²) in [5.74, 6) is -1.15. The monoisotopic (exact) mass is 390 g/mol. The highest BCUT2D eigenvalue weighted by Crippen LogP contribution is 2.40. The Balaban J connectivity index is 1.93. The molecule has 1 amide bonds. The number of nitrogens with one attached hydrogen (secondary N) is 1. The highest BCUT2D eigenvalue weighted by atomic mass is 35.5. The predicted octanol–water partition coefficient (Wildman–Crippen LogP) is 5.20. The molecule has 0 spiro atoms. The lowest BCUT2D eigenvalue weighted by molar-refractivity contribution is 0.0925. The summed E-state index contributed by atoms with van der Waals surface area (Å²) in [6, 6.07) is 7.88. The van der Waals surface area contributed by atoms with Crippen molar-refractivity contribution in [2.45, 2.75) is 19.4 Å². The molecule has 1 unspecified atom stereocenters. The molecule has 3 aromatic rings. The molecular formula is C20H17ClF2N2O2. The number of carbonyl (C=O) groups excluding carboxylic acids is 1. The maximum atomic E-state index is 14.6. The average molecular weight is 391 g/mol. The smallest absolute Gasteiger partial charge is 0.410 e. The highest BCUT2D eigenvalue weighted by molar-refractivity contribution is 6.31. The Morgan fingerprint density at radius 1 is 1.30 bits per heavy atom. The molecule has 0 radical (unpaired) electrons. The normalized spacial score (nSPS) is 16.4. The second-order valence-corrected chi connectivity index (χ2v) is 6.85. The molecule has 0 bridgehead atoms. The molecular weight excluding hydrogens is 374 g/mol. The lowest BCUT2D eigenvalue weighted by Gasteiger charge is -2.35. The number of nitrogens with zero attached hydrogens (tertiary/aromatic N) is 1. The van der Waals surface area contributed by atoms with E-state index in [2.05, 4.69) is 4.98 Å². The van der Waals surface area contributed by atoms with Crippen LogP contribution in [-0.4, -0.2) is 29.1 Å². The fourth-order valence-corrected chi connectivity index (χ4v) is 3.88. The van der Waals surface area contributed by atoms with Crippen LogP contribution < -0.4 is 0 Å². The van der Waals surface area contributed by atoms with Crippen LogP contribution >= 0.6 is 11.6 Å². The summed E-state index contributed by atoms with van der Waals surface area (Å²) >= 11 is 6.13. The average Bonchev–Trinajstić information content (AvgIpc) is 3.01. The Hall–Kier alpha value is -2.60. The molecule has 2 heterocycles. The third kappa shape index (κ3) is 3.04. The number of hydrogen-bond donors (Lipinski definition) is 1. The van der Waals surface area contributed by atoms with Gasteiger partial charge in [-0.1, -0.05) is 11.6 Å². The van der Waals surface area contributed by atoms with Gasteiger partial charge >= 0.3 is 6.09 Å². The van der Waals surface area contributed by atoms with Crippen molar-refractivity contribution in [1.82, 2.24) is 9.88 Å². The molecule has 1 atom stereocenters. The van der Waals surface area contributed by atoms with Crippen molar-refractivity contribution in [1.29, 1.82) is 0 Å². The number of ether oxygens (including phenoxy) is 1. The number of hydrogen-bond acceptors (Lipinski definition) is 2. The molecule has 1 aliphatic rings. The summed E-state index contributed by atoms with van der Waals surface area (Å²) in [7, 11) is 0. The van der Waals surface area contributed by atoms with Crippen molar-refractivity contribution in [2.75, 3.05) is 13.2 Å². The molecule has 1 N–H and O–H groups in total. The van der Waals surface area contributed by atoms with Crippen molar-refractivity contribution < 1.29 is 18.3 Å². The second-order valence-electron chi connectivity index (χ2n) is 6.42. The van der Waals surface area contributed by atoms with E-state index in [9.17, 15) is 13.6 Å². The molecule has 4 nitrogen and oxygen atoms in total. The molecule has 140 valence electrons. The third-order valence-corrected chi connectivity index (χ3v) is 5.08. The number of benzene rings is 2. The van der Waals surface area contributed by atoms with E-state index in [1.54, 1.807) is 13.0 Å².